The maximum Gasteiger partial charge on any atom is 0.332 e. The zero-order valence-corrected chi connectivity index (χ0v) is 19.7. The van der Waals surface area contributed by atoms with Gasteiger partial charge in [-0.1, -0.05) is 23.7 Å². The van der Waals surface area contributed by atoms with Crippen molar-refractivity contribution in [1.82, 2.24) is 18.7 Å². The largest absolute Gasteiger partial charge is 0.380 e. The fourth-order valence-corrected chi connectivity index (χ4v) is 3.94. The molecule has 1 aliphatic heterocycles. The fraction of sp³-hybridized carbons (Fsp3) is 0.455. The van der Waals surface area contributed by atoms with Crippen molar-refractivity contribution in [2.24, 2.45) is 12.1 Å². The van der Waals surface area contributed by atoms with E-state index in [1.807, 2.05) is 30.5 Å². The van der Waals surface area contributed by atoms with E-state index in [1.165, 1.54) is 9.13 Å². The number of hydrogen-bond donors (Lipinski definition) is 0. The van der Waals surface area contributed by atoms with Gasteiger partial charge in [-0.05, 0) is 31.5 Å². The second-order valence-corrected chi connectivity index (χ2v) is 7.98. The average Bonchev–Trinajstić information content (AvgIpc) is 3.20. The Morgan fingerprint density at radius 3 is 2.36 bits per heavy atom. The van der Waals surface area contributed by atoms with E-state index in [-0.39, 0.29) is 13.2 Å². The number of aromatic nitrogens is 4. The Balaban J connectivity index is 1.85. The van der Waals surface area contributed by atoms with Crippen LogP contribution in [0.3, 0.4) is 0 Å². The molecule has 176 valence electrons. The second kappa shape index (κ2) is 9.90. The van der Waals surface area contributed by atoms with E-state index in [4.69, 9.17) is 26.2 Å². The summed E-state index contributed by atoms with van der Waals surface area (Å²) in [5.74, 6) is 0.497. The van der Waals surface area contributed by atoms with Crippen LogP contribution in [-0.4, -0.2) is 57.4 Å². The fourth-order valence-electron chi connectivity index (χ4n) is 3.81. The third-order valence-corrected chi connectivity index (χ3v) is 5.74. The van der Waals surface area contributed by atoms with Gasteiger partial charge in [0.1, 0.15) is 0 Å². The smallest absolute Gasteiger partial charge is 0.332 e. The Labute approximate surface area is 195 Å². The number of anilines is 1. The Hall–Kier alpha value is -2.95. The molecule has 10 nitrogen and oxygen atoms in total. The molecule has 3 heterocycles. The molecule has 2 aromatic heterocycles. The van der Waals surface area contributed by atoms with E-state index >= 15 is 0 Å². The average molecular weight is 475 g/mol. The van der Waals surface area contributed by atoms with Gasteiger partial charge in [-0.25, -0.2) is 9.80 Å². The zero-order valence-electron chi connectivity index (χ0n) is 19.0. The minimum absolute atomic E-state index is 0.169. The number of hydrogen-bond acceptors (Lipinski definition) is 7. The SMILES string of the molecule is CCOCCN1N=C(c2ccc(Cl)cc2)Cn2c1nc1c2c(=O)n(CCOCC)c(=O)n1C. The van der Waals surface area contributed by atoms with Crippen molar-refractivity contribution in [2.75, 3.05) is 38.0 Å². The summed E-state index contributed by atoms with van der Waals surface area (Å²) in [7, 11) is 1.62. The molecule has 0 saturated heterocycles. The van der Waals surface area contributed by atoms with E-state index in [0.29, 0.717) is 55.0 Å². The Morgan fingerprint density at radius 2 is 1.70 bits per heavy atom. The van der Waals surface area contributed by atoms with Crippen LogP contribution < -0.4 is 16.3 Å². The molecule has 1 aromatic carbocycles. The highest BCUT2D eigenvalue weighted by molar-refractivity contribution is 6.30. The molecule has 11 heteroatoms. The number of nitrogens with zero attached hydrogens (tertiary/aromatic N) is 6. The molecule has 0 radical (unpaired) electrons. The highest BCUT2D eigenvalue weighted by Gasteiger charge is 2.28. The molecule has 0 N–H and O–H groups in total. The minimum Gasteiger partial charge on any atom is -0.380 e. The van der Waals surface area contributed by atoms with Gasteiger partial charge < -0.3 is 9.47 Å². The highest BCUT2D eigenvalue weighted by atomic mass is 35.5. The van der Waals surface area contributed by atoms with Gasteiger partial charge in [0.05, 0.1) is 38.6 Å². The van der Waals surface area contributed by atoms with E-state index in [2.05, 4.69) is 4.98 Å². The lowest BCUT2D eigenvalue weighted by molar-refractivity contribution is 0.137. The Bertz CT molecular complexity index is 1290. The zero-order chi connectivity index (χ0) is 23.5. The van der Waals surface area contributed by atoms with Crippen molar-refractivity contribution in [2.45, 2.75) is 26.9 Å². The van der Waals surface area contributed by atoms with Crippen molar-refractivity contribution in [1.29, 1.82) is 0 Å². The van der Waals surface area contributed by atoms with Gasteiger partial charge in [0.25, 0.3) is 5.56 Å². The van der Waals surface area contributed by atoms with Crippen molar-refractivity contribution in [3.05, 3.63) is 55.7 Å². The second-order valence-electron chi connectivity index (χ2n) is 7.54. The van der Waals surface area contributed by atoms with Gasteiger partial charge in [-0.15, -0.1) is 0 Å². The van der Waals surface area contributed by atoms with Crippen molar-refractivity contribution >= 4 is 34.4 Å². The van der Waals surface area contributed by atoms with E-state index < -0.39 is 11.2 Å². The summed E-state index contributed by atoms with van der Waals surface area (Å²) in [6.45, 7) is 6.54. The first-order valence-corrected chi connectivity index (χ1v) is 11.3. The van der Waals surface area contributed by atoms with Gasteiger partial charge in [-0.3, -0.25) is 18.5 Å². The predicted octanol–water partition coefficient (Wildman–Crippen LogP) is 1.85. The maximum absolute atomic E-state index is 13.4. The topological polar surface area (TPSA) is 95.9 Å². The molecule has 0 atom stereocenters. The van der Waals surface area contributed by atoms with Crippen LogP contribution in [0.25, 0.3) is 11.2 Å². The molecular formula is C22H27ClN6O4. The maximum atomic E-state index is 13.4. The first-order chi connectivity index (χ1) is 16.0. The van der Waals surface area contributed by atoms with Crippen LogP contribution >= 0.6 is 11.6 Å². The number of aryl methyl sites for hydroxylation is 1. The molecule has 0 fully saturated rings. The Kier molecular flexibility index (Phi) is 6.96. The molecule has 4 rings (SSSR count). The lowest BCUT2D eigenvalue weighted by Crippen LogP contribution is -2.41. The van der Waals surface area contributed by atoms with E-state index in [9.17, 15) is 9.59 Å². The summed E-state index contributed by atoms with van der Waals surface area (Å²) in [4.78, 5) is 30.9. The standard InChI is InChI=1S/C22H27ClN6O4/c1-4-32-12-10-27-20(30)18-19(26(3)22(27)31)24-21-28(18)14-17(15-6-8-16(23)9-7-15)25-29(21)11-13-33-5-2/h6-9H,4-5,10-14H2,1-3H3. The number of halogens is 1. The molecule has 33 heavy (non-hydrogen) atoms. The van der Waals surface area contributed by atoms with Crippen LogP contribution in [0.2, 0.25) is 5.02 Å². The third-order valence-electron chi connectivity index (χ3n) is 5.48. The van der Waals surface area contributed by atoms with Crippen LogP contribution in [0, 0.1) is 0 Å². The number of hydrazone groups is 1. The summed E-state index contributed by atoms with van der Waals surface area (Å²) in [6.07, 6.45) is 0. The van der Waals surface area contributed by atoms with Gasteiger partial charge >= 0.3 is 5.69 Å². The first kappa shape index (κ1) is 23.2. The monoisotopic (exact) mass is 474 g/mol. The number of fused-ring (bicyclic) bond motifs is 3. The molecule has 0 saturated carbocycles. The quantitative estimate of drug-likeness (QED) is 0.439. The molecule has 1 aliphatic rings. The van der Waals surface area contributed by atoms with Gasteiger partial charge in [0.2, 0.25) is 5.95 Å². The van der Waals surface area contributed by atoms with Crippen molar-refractivity contribution in [3.8, 4) is 0 Å². The van der Waals surface area contributed by atoms with Crippen LogP contribution in [0.15, 0.2) is 39.0 Å². The number of benzene rings is 1. The molecule has 0 spiro atoms. The van der Waals surface area contributed by atoms with Gasteiger partial charge in [-0.2, -0.15) is 10.1 Å². The lowest BCUT2D eigenvalue weighted by Gasteiger charge is -2.26. The van der Waals surface area contributed by atoms with Crippen molar-refractivity contribution in [3.63, 3.8) is 0 Å². The molecule has 0 aliphatic carbocycles. The van der Waals surface area contributed by atoms with Crippen LogP contribution in [0.4, 0.5) is 5.95 Å². The molecule has 0 bridgehead atoms. The summed E-state index contributed by atoms with van der Waals surface area (Å²) in [5.41, 5.74) is 1.49. The molecule has 0 amide bonds. The van der Waals surface area contributed by atoms with Crippen LogP contribution in [0.1, 0.15) is 19.4 Å². The van der Waals surface area contributed by atoms with Crippen LogP contribution in [0.5, 0.6) is 0 Å². The highest BCUT2D eigenvalue weighted by Crippen LogP contribution is 2.25. The summed E-state index contributed by atoms with van der Waals surface area (Å²) in [6, 6.07) is 7.38. The molecular weight excluding hydrogens is 448 g/mol. The summed E-state index contributed by atoms with van der Waals surface area (Å²) < 4.78 is 15.3. The van der Waals surface area contributed by atoms with E-state index in [0.717, 1.165) is 11.3 Å². The minimum atomic E-state index is -0.428. The van der Waals surface area contributed by atoms with Gasteiger partial charge in [0.15, 0.2) is 11.2 Å². The first-order valence-electron chi connectivity index (χ1n) is 10.9. The predicted molar refractivity (Wildman–Crippen MR) is 128 cm³/mol. The number of rotatable bonds is 9. The van der Waals surface area contributed by atoms with Crippen molar-refractivity contribution < 1.29 is 9.47 Å². The number of ether oxygens (including phenoxy) is 2. The third kappa shape index (κ3) is 4.46. The lowest BCUT2D eigenvalue weighted by atomic mass is 10.1. The van der Waals surface area contributed by atoms with E-state index in [1.54, 1.807) is 24.2 Å². The molecule has 0 unspecified atom stereocenters. The summed E-state index contributed by atoms with van der Waals surface area (Å²) in [5, 5.41) is 7.13. The molecule has 3 aromatic rings. The normalized spacial score (nSPS) is 13.5. The van der Waals surface area contributed by atoms with Crippen LogP contribution in [-0.2, 0) is 29.6 Å². The van der Waals surface area contributed by atoms with Gasteiger partial charge in [0, 0.05) is 25.3 Å². The number of imidazole rings is 1. The summed E-state index contributed by atoms with van der Waals surface area (Å²) >= 11 is 6.06. The Morgan fingerprint density at radius 1 is 1.03 bits per heavy atom.